The summed E-state index contributed by atoms with van der Waals surface area (Å²) in [7, 11) is 0. The lowest BCUT2D eigenvalue weighted by Gasteiger charge is -2.14. The van der Waals surface area contributed by atoms with Crippen LogP contribution in [0.1, 0.15) is 32.1 Å². The lowest BCUT2D eigenvalue weighted by molar-refractivity contribution is 0.508. The summed E-state index contributed by atoms with van der Waals surface area (Å²) < 4.78 is 5.36. The zero-order valence-electron chi connectivity index (χ0n) is 8.05. The van der Waals surface area contributed by atoms with Crippen LogP contribution < -0.4 is 0 Å². The van der Waals surface area contributed by atoms with Crippen molar-refractivity contribution in [1.82, 2.24) is 0 Å². The van der Waals surface area contributed by atoms with E-state index in [1.807, 2.05) is 12.3 Å². The van der Waals surface area contributed by atoms with Gasteiger partial charge in [-0.3, -0.25) is 0 Å². The third-order valence-electron chi connectivity index (χ3n) is 1.87. The smallest absolute Gasteiger partial charge is 0.107 e. The van der Waals surface area contributed by atoms with Gasteiger partial charge in [-0.15, -0.1) is 6.58 Å². The molecule has 0 aliphatic carbocycles. The predicted molar refractivity (Wildman–Crippen MR) is 51.3 cm³/mol. The number of allylic oxidation sites excluding steroid dienone is 1. The molecule has 0 fully saturated rings. The molecule has 0 aliphatic heterocycles. The van der Waals surface area contributed by atoms with Gasteiger partial charge in [0.15, 0.2) is 0 Å². The Balaban J connectivity index is 2.84. The molecule has 1 aromatic heterocycles. The first-order valence-electron chi connectivity index (χ1n) is 4.23. The van der Waals surface area contributed by atoms with Crippen LogP contribution in [-0.2, 0) is 11.8 Å². The van der Waals surface area contributed by atoms with Crippen molar-refractivity contribution in [3.63, 3.8) is 0 Å². The van der Waals surface area contributed by atoms with Crippen LogP contribution in [0.2, 0.25) is 0 Å². The van der Waals surface area contributed by atoms with E-state index in [2.05, 4.69) is 33.4 Å². The summed E-state index contributed by atoms with van der Waals surface area (Å²) in [5.74, 6) is 0.995. The highest BCUT2D eigenvalue weighted by molar-refractivity contribution is 5.21. The van der Waals surface area contributed by atoms with Gasteiger partial charge in [0, 0.05) is 6.42 Å². The molecule has 1 heterocycles. The van der Waals surface area contributed by atoms with Gasteiger partial charge in [-0.2, -0.15) is 0 Å². The molecule has 0 unspecified atom stereocenters. The minimum Gasteiger partial charge on any atom is -0.469 e. The van der Waals surface area contributed by atoms with Crippen LogP contribution in [0.3, 0.4) is 0 Å². The Morgan fingerprint density at radius 1 is 1.50 bits per heavy atom. The van der Waals surface area contributed by atoms with E-state index in [0.29, 0.717) is 0 Å². The van der Waals surface area contributed by atoms with Gasteiger partial charge in [0.2, 0.25) is 0 Å². The molecule has 0 aromatic carbocycles. The Labute approximate surface area is 74.1 Å². The van der Waals surface area contributed by atoms with Gasteiger partial charge in [-0.1, -0.05) is 26.8 Å². The average Bonchev–Trinajstić information content (AvgIpc) is 2.35. The summed E-state index contributed by atoms with van der Waals surface area (Å²) in [5.41, 5.74) is 1.43. The fraction of sp³-hybridized carbons (Fsp3) is 0.455. The van der Waals surface area contributed by atoms with Gasteiger partial charge in [0.25, 0.3) is 0 Å². The number of rotatable bonds is 2. The summed E-state index contributed by atoms with van der Waals surface area (Å²) in [5, 5.41) is 0. The molecule has 0 saturated heterocycles. The monoisotopic (exact) mass is 164 g/mol. The van der Waals surface area contributed by atoms with Crippen LogP contribution >= 0.6 is 0 Å². The van der Waals surface area contributed by atoms with Gasteiger partial charge >= 0.3 is 0 Å². The Morgan fingerprint density at radius 3 is 2.58 bits per heavy atom. The number of hydrogen-bond donors (Lipinski definition) is 0. The van der Waals surface area contributed by atoms with E-state index in [-0.39, 0.29) is 5.41 Å². The van der Waals surface area contributed by atoms with E-state index in [1.54, 1.807) is 0 Å². The molecule has 0 spiro atoms. The topological polar surface area (TPSA) is 13.1 Å². The van der Waals surface area contributed by atoms with Crippen LogP contribution in [0, 0.1) is 0 Å². The number of hydrogen-bond acceptors (Lipinski definition) is 1. The zero-order valence-corrected chi connectivity index (χ0v) is 8.05. The van der Waals surface area contributed by atoms with E-state index in [4.69, 9.17) is 4.42 Å². The van der Waals surface area contributed by atoms with Crippen molar-refractivity contribution in [2.24, 2.45) is 0 Å². The van der Waals surface area contributed by atoms with Crippen molar-refractivity contribution in [3.8, 4) is 0 Å². The molecule has 0 radical (unpaired) electrons. The standard InChI is InChI=1S/C11H16O/c1-5-6-10-7-9(8-12-10)11(2,3)4/h5,7-8H,1,6H2,2-4H3. The number of furan rings is 1. The molecule has 12 heavy (non-hydrogen) atoms. The molecule has 1 aromatic rings. The van der Waals surface area contributed by atoms with Crippen LogP contribution in [0.5, 0.6) is 0 Å². The van der Waals surface area contributed by atoms with Gasteiger partial charge in [-0.25, -0.2) is 0 Å². The Kier molecular flexibility index (Phi) is 2.41. The third-order valence-corrected chi connectivity index (χ3v) is 1.87. The van der Waals surface area contributed by atoms with Gasteiger partial charge in [0.1, 0.15) is 5.76 Å². The minimum absolute atomic E-state index is 0.183. The highest BCUT2D eigenvalue weighted by Crippen LogP contribution is 2.24. The fourth-order valence-electron chi connectivity index (χ4n) is 1.02. The van der Waals surface area contributed by atoms with Gasteiger partial charge < -0.3 is 4.42 Å². The second kappa shape index (κ2) is 3.18. The van der Waals surface area contributed by atoms with Crippen LogP contribution in [-0.4, -0.2) is 0 Å². The van der Waals surface area contributed by atoms with Crippen LogP contribution in [0.15, 0.2) is 29.4 Å². The first kappa shape index (κ1) is 9.11. The van der Waals surface area contributed by atoms with E-state index in [1.165, 1.54) is 5.56 Å². The molecule has 0 aliphatic rings. The van der Waals surface area contributed by atoms with E-state index in [9.17, 15) is 0 Å². The highest BCUT2D eigenvalue weighted by atomic mass is 16.3. The predicted octanol–water partition coefficient (Wildman–Crippen LogP) is 3.31. The first-order valence-corrected chi connectivity index (χ1v) is 4.23. The molecule has 0 bridgehead atoms. The average molecular weight is 164 g/mol. The SMILES string of the molecule is C=CCc1cc(C(C)(C)C)co1. The van der Waals surface area contributed by atoms with Crippen molar-refractivity contribution in [1.29, 1.82) is 0 Å². The quantitative estimate of drug-likeness (QED) is 0.611. The van der Waals surface area contributed by atoms with E-state index in [0.717, 1.165) is 12.2 Å². The zero-order chi connectivity index (χ0) is 9.19. The van der Waals surface area contributed by atoms with Gasteiger partial charge in [-0.05, 0) is 17.0 Å². The summed E-state index contributed by atoms with van der Waals surface area (Å²) in [4.78, 5) is 0. The molecule has 1 nitrogen and oxygen atoms in total. The van der Waals surface area contributed by atoms with Crippen molar-refractivity contribution in [3.05, 3.63) is 36.3 Å². The van der Waals surface area contributed by atoms with Crippen molar-refractivity contribution in [2.75, 3.05) is 0 Å². The molecule has 0 saturated carbocycles. The Morgan fingerprint density at radius 2 is 2.17 bits per heavy atom. The molecular weight excluding hydrogens is 148 g/mol. The van der Waals surface area contributed by atoms with Crippen LogP contribution in [0.4, 0.5) is 0 Å². The summed E-state index contributed by atoms with van der Waals surface area (Å²) >= 11 is 0. The highest BCUT2D eigenvalue weighted by Gasteiger charge is 2.15. The summed E-state index contributed by atoms with van der Waals surface area (Å²) in [6.07, 6.45) is 4.50. The fourth-order valence-corrected chi connectivity index (χ4v) is 1.02. The van der Waals surface area contributed by atoms with Crippen molar-refractivity contribution in [2.45, 2.75) is 32.6 Å². The van der Waals surface area contributed by atoms with Crippen molar-refractivity contribution < 1.29 is 4.42 Å². The van der Waals surface area contributed by atoms with E-state index >= 15 is 0 Å². The second-order valence-electron chi connectivity index (χ2n) is 4.04. The molecule has 0 atom stereocenters. The largest absolute Gasteiger partial charge is 0.469 e. The molecule has 66 valence electrons. The molecule has 1 rings (SSSR count). The minimum atomic E-state index is 0.183. The maximum absolute atomic E-state index is 5.36. The summed E-state index contributed by atoms with van der Waals surface area (Å²) in [6, 6.07) is 2.10. The Hall–Kier alpha value is -0.980. The lowest BCUT2D eigenvalue weighted by Crippen LogP contribution is -2.09. The normalized spacial score (nSPS) is 11.6. The lowest BCUT2D eigenvalue weighted by atomic mass is 9.89. The molecular formula is C11H16O. The van der Waals surface area contributed by atoms with E-state index < -0.39 is 0 Å². The Bertz CT molecular complexity index is 263. The van der Waals surface area contributed by atoms with Crippen LogP contribution in [0.25, 0.3) is 0 Å². The van der Waals surface area contributed by atoms with Gasteiger partial charge in [0.05, 0.1) is 6.26 Å². The van der Waals surface area contributed by atoms with Crippen molar-refractivity contribution >= 4 is 0 Å². The third kappa shape index (κ3) is 2.00. The summed E-state index contributed by atoms with van der Waals surface area (Å²) in [6.45, 7) is 10.2. The maximum atomic E-state index is 5.36. The second-order valence-corrected chi connectivity index (χ2v) is 4.04. The first-order chi connectivity index (χ1) is 5.54. The molecule has 1 heteroatoms. The molecule has 0 N–H and O–H groups in total. The maximum Gasteiger partial charge on any atom is 0.107 e. The molecule has 0 amide bonds.